The van der Waals surface area contributed by atoms with E-state index in [0.29, 0.717) is 0 Å². The third-order valence-corrected chi connectivity index (χ3v) is 11.5. The molecule has 0 saturated heterocycles. The van der Waals surface area contributed by atoms with E-state index in [2.05, 4.69) is 172 Å². The molecule has 5 aromatic carbocycles. The molecule has 3 heterocycles. The second kappa shape index (κ2) is 10.4. The lowest BCUT2D eigenvalue weighted by molar-refractivity contribution is 0.590. The second-order valence-corrected chi connectivity index (χ2v) is 19.4. The van der Waals surface area contributed by atoms with E-state index in [4.69, 9.17) is 0 Å². The van der Waals surface area contributed by atoms with Crippen molar-refractivity contribution in [3.05, 3.63) is 101 Å². The standard InChI is InChI=1S/C47H53BN2/c1-26-14-18-39-41(40(26)35-24-29(46(8,9)10)22-33-31-20-27(44(2,3)4)15-17-37(31)49-42(33)35)48-36-25-30(47(11,12)13)23-34-32-21-28(45(5,6)7)16-19-38(32)50(39)43(34)36/h14-25,48-49H,1-13H3. The molecule has 50 heavy (non-hydrogen) atoms. The van der Waals surface area contributed by atoms with Crippen LogP contribution in [0.2, 0.25) is 0 Å². The first-order valence-electron chi connectivity index (χ1n) is 18.6. The highest BCUT2D eigenvalue weighted by Gasteiger charge is 2.30. The first-order valence-corrected chi connectivity index (χ1v) is 18.6. The van der Waals surface area contributed by atoms with Gasteiger partial charge in [-0.3, -0.25) is 0 Å². The summed E-state index contributed by atoms with van der Waals surface area (Å²) in [4.78, 5) is 3.94. The van der Waals surface area contributed by atoms with Gasteiger partial charge in [0, 0.05) is 43.8 Å². The molecule has 2 nitrogen and oxygen atoms in total. The molecule has 2 aromatic heterocycles. The number of aromatic nitrogens is 2. The lowest BCUT2D eigenvalue weighted by Gasteiger charge is -2.28. The Kier molecular flexibility index (Phi) is 6.86. The number of fused-ring (bicyclic) bond motifs is 8. The van der Waals surface area contributed by atoms with Crippen molar-refractivity contribution in [2.75, 3.05) is 0 Å². The summed E-state index contributed by atoms with van der Waals surface area (Å²) in [6, 6.07) is 28.9. The van der Waals surface area contributed by atoms with Gasteiger partial charge in [-0.15, -0.1) is 0 Å². The average molecular weight is 657 g/mol. The maximum atomic E-state index is 3.94. The van der Waals surface area contributed by atoms with Crippen LogP contribution in [0.25, 0.3) is 60.4 Å². The van der Waals surface area contributed by atoms with Gasteiger partial charge >= 0.3 is 0 Å². The lowest BCUT2D eigenvalue weighted by atomic mass is 9.58. The van der Waals surface area contributed by atoms with Crippen molar-refractivity contribution in [3.8, 4) is 16.8 Å². The second-order valence-electron chi connectivity index (χ2n) is 19.4. The smallest absolute Gasteiger partial charge is 0.198 e. The van der Waals surface area contributed by atoms with Crippen molar-refractivity contribution in [1.29, 1.82) is 0 Å². The van der Waals surface area contributed by atoms with Crippen molar-refractivity contribution in [2.24, 2.45) is 0 Å². The number of hydrogen-bond acceptors (Lipinski definition) is 0. The SMILES string of the molecule is Cc1ccc2c(c1-c1cc(C(C)(C)C)cc3c1[nH]c1ccc(C(C)(C)C)cc13)Bc1cc(C(C)(C)C)cc3c4cc(C(C)(C)C)ccc4n-2c13. The monoisotopic (exact) mass is 656 g/mol. The van der Waals surface area contributed by atoms with Crippen LogP contribution in [0.5, 0.6) is 0 Å². The van der Waals surface area contributed by atoms with E-state index in [1.807, 2.05) is 0 Å². The Morgan fingerprint density at radius 2 is 1.10 bits per heavy atom. The summed E-state index contributed by atoms with van der Waals surface area (Å²) >= 11 is 0. The molecule has 0 saturated carbocycles. The molecule has 0 unspecified atom stereocenters. The van der Waals surface area contributed by atoms with Crippen molar-refractivity contribution in [2.45, 2.75) is 112 Å². The fourth-order valence-electron chi connectivity index (χ4n) is 8.32. The fourth-order valence-corrected chi connectivity index (χ4v) is 8.32. The molecule has 1 aliphatic rings. The van der Waals surface area contributed by atoms with E-state index in [1.165, 1.54) is 99.2 Å². The van der Waals surface area contributed by atoms with E-state index in [1.54, 1.807) is 0 Å². The van der Waals surface area contributed by atoms with Gasteiger partial charge in [0.1, 0.15) is 0 Å². The van der Waals surface area contributed by atoms with E-state index in [9.17, 15) is 0 Å². The van der Waals surface area contributed by atoms with Crippen LogP contribution >= 0.6 is 0 Å². The highest BCUT2D eigenvalue weighted by atomic mass is 15.0. The molecule has 0 aliphatic carbocycles. The number of nitrogens with one attached hydrogen (secondary N) is 1. The van der Waals surface area contributed by atoms with Gasteiger partial charge < -0.3 is 9.55 Å². The van der Waals surface area contributed by atoms with Gasteiger partial charge in [0.15, 0.2) is 7.28 Å². The predicted octanol–water partition coefficient (Wildman–Crippen LogP) is 11.3. The number of nitrogens with zero attached hydrogens (tertiary/aromatic N) is 1. The molecular formula is C47H53BN2. The average Bonchev–Trinajstić information content (AvgIpc) is 3.55. The fraction of sp³-hybridized carbons (Fsp3) is 0.362. The van der Waals surface area contributed by atoms with Crippen molar-refractivity contribution < 1.29 is 0 Å². The quantitative estimate of drug-likeness (QED) is 0.170. The van der Waals surface area contributed by atoms with Crippen LogP contribution in [0.3, 0.4) is 0 Å². The molecule has 0 amide bonds. The minimum Gasteiger partial charge on any atom is -0.354 e. The number of hydrogen-bond donors (Lipinski definition) is 1. The van der Waals surface area contributed by atoms with Crippen LogP contribution in [0.4, 0.5) is 0 Å². The van der Waals surface area contributed by atoms with Gasteiger partial charge in [0.25, 0.3) is 0 Å². The molecule has 0 spiro atoms. The molecule has 3 heteroatoms. The van der Waals surface area contributed by atoms with Crippen LogP contribution in [0, 0.1) is 6.92 Å². The normalized spacial score (nSPS) is 13.9. The Bertz CT molecular complexity index is 2540. The van der Waals surface area contributed by atoms with Gasteiger partial charge in [-0.25, -0.2) is 0 Å². The van der Waals surface area contributed by atoms with Crippen LogP contribution in [0.15, 0.2) is 72.8 Å². The molecule has 254 valence electrons. The Hall–Kier alpha value is -4.24. The molecule has 1 aliphatic heterocycles. The predicted molar refractivity (Wildman–Crippen MR) is 222 cm³/mol. The van der Waals surface area contributed by atoms with E-state index < -0.39 is 0 Å². The summed E-state index contributed by atoms with van der Waals surface area (Å²) in [5.41, 5.74) is 19.0. The van der Waals surface area contributed by atoms with Crippen molar-refractivity contribution >= 4 is 61.8 Å². The van der Waals surface area contributed by atoms with E-state index >= 15 is 0 Å². The zero-order valence-corrected chi connectivity index (χ0v) is 32.6. The molecule has 0 radical (unpaired) electrons. The highest BCUT2D eigenvalue weighted by molar-refractivity contribution is 6.73. The Morgan fingerprint density at radius 3 is 1.74 bits per heavy atom. The summed E-state index contributed by atoms with van der Waals surface area (Å²) in [7, 11) is 0.908. The number of rotatable bonds is 1. The molecule has 0 atom stereocenters. The number of benzene rings is 5. The van der Waals surface area contributed by atoms with E-state index in [-0.39, 0.29) is 21.7 Å². The van der Waals surface area contributed by atoms with Crippen molar-refractivity contribution in [3.63, 3.8) is 0 Å². The van der Waals surface area contributed by atoms with Crippen LogP contribution in [-0.2, 0) is 21.7 Å². The molecular weight excluding hydrogens is 603 g/mol. The van der Waals surface area contributed by atoms with Crippen LogP contribution < -0.4 is 10.9 Å². The van der Waals surface area contributed by atoms with Crippen LogP contribution in [0.1, 0.15) is 111 Å². The molecule has 0 bridgehead atoms. The third kappa shape index (κ3) is 4.98. The van der Waals surface area contributed by atoms with E-state index in [0.717, 1.165) is 7.28 Å². The summed E-state index contributed by atoms with van der Waals surface area (Å²) in [6.45, 7) is 30.3. The molecule has 8 rings (SSSR count). The summed E-state index contributed by atoms with van der Waals surface area (Å²) < 4.78 is 2.59. The number of aryl methyl sites for hydroxylation is 1. The number of H-pyrrole nitrogens is 1. The summed E-state index contributed by atoms with van der Waals surface area (Å²) in [5.74, 6) is 0. The largest absolute Gasteiger partial charge is 0.354 e. The minimum absolute atomic E-state index is 0.00131. The topological polar surface area (TPSA) is 20.7 Å². The Morgan fingerprint density at radius 1 is 0.540 bits per heavy atom. The Balaban J connectivity index is 1.49. The van der Waals surface area contributed by atoms with Gasteiger partial charge in [-0.2, -0.15) is 0 Å². The first-order chi connectivity index (χ1) is 23.2. The summed E-state index contributed by atoms with van der Waals surface area (Å²) in [6.07, 6.45) is 0. The third-order valence-electron chi connectivity index (χ3n) is 11.5. The maximum Gasteiger partial charge on any atom is 0.198 e. The van der Waals surface area contributed by atoms with Gasteiger partial charge in [-0.05, 0) is 116 Å². The molecule has 0 fully saturated rings. The zero-order chi connectivity index (χ0) is 35.9. The summed E-state index contributed by atoms with van der Waals surface area (Å²) in [5, 5.41) is 5.37. The highest BCUT2D eigenvalue weighted by Crippen LogP contribution is 2.42. The van der Waals surface area contributed by atoms with Crippen molar-refractivity contribution in [1.82, 2.24) is 9.55 Å². The Labute approximate surface area is 299 Å². The first kappa shape index (κ1) is 32.9. The maximum absolute atomic E-state index is 3.94. The van der Waals surface area contributed by atoms with Gasteiger partial charge in [-0.1, -0.05) is 113 Å². The zero-order valence-electron chi connectivity index (χ0n) is 32.6. The minimum atomic E-state index is -0.00131. The van der Waals surface area contributed by atoms with Gasteiger partial charge in [0.2, 0.25) is 0 Å². The van der Waals surface area contributed by atoms with Crippen LogP contribution in [-0.4, -0.2) is 16.8 Å². The van der Waals surface area contributed by atoms with Gasteiger partial charge in [0.05, 0.1) is 11.0 Å². The lowest BCUT2D eigenvalue weighted by Crippen LogP contribution is -2.38. The molecule has 7 aromatic rings. The molecule has 1 N–H and O–H groups in total. The number of aromatic amines is 1.